The van der Waals surface area contributed by atoms with Crippen molar-refractivity contribution in [3.8, 4) is 0 Å². The smallest absolute Gasteiger partial charge is 0.309 e. The number of thiol groups is 1. The summed E-state index contributed by atoms with van der Waals surface area (Å²) in [5.74, 6) is 1.60. The van der Waals surface area contributed by atoms with Gasteiger partial charge in [0.1, 0.15) is 6.10 Å². The van der Waals surface area contributed by atoms with E-state index in [0.717, 1.165) is 12.8 Å². The summed E-state index contributed by atoms with van der Waals surface area (Å²) >= 11 is 4.04. The van der Waals surface area contributed by atoms with E-state index in [2.05, 4.69) is 12.6 Å². The van der Waals surface area contributed by atoms with E-state index in [1.54, 1.807) is 0 Å². The molecule has 72 valence electrons. The highest BCUT2D eigenvalue weighted by molar-refractivity contribution is 7.80. The number of hydrogen-bond acceptors (Lipinski definition) is 4. The van der Waals surface area contributed by atoms with E-state index in [0.29, 0.717) is 17.8 Å². The molecule has 0 radical (unpaired) electrons. The minimum atomic E-state index is 0.00256. The van der Waals surface area contributed by atoms with Gasteiger partial charge in [-0.15, -0.1) is 0 Å². The second-order valence-corrected chi connectivity index (χ2v) is 4.42. The van der Waals surface area contributed by atoms with Crippen LogP contribution in [0.1, 0.15) is 12.8 Å². The summed E-state index contributed by atoms with van der Waals surface area (Å²) in [6, 6.07) is 0. The number of carbonyl (C=O) groups is 1. The van der Waals surface area contributed by atoms with Crippen LogP contribution in [0.5, 0.6) is 0 Å². The van der Waals surface area contributed by atoms with Crippen LogP contribution in [0.4, 0.5) is 0 Å². The lowest BCUT2D eigenvalue weighted by molar-refractivity contribution is -0.146. The minimum absolute atomic E-state index is 0.00256. The second kappa shape index (κ2) is 2.64. The molecule has 5 unspecified atom stereocenters. The molecule has 1 aliphatic heterocycles. The van der Waals surface area contributed by atoms with Crippen molar-refractivity contribution in [2.75, 3.05) is 5.94 Å². The van der Waals surface area contributed by atoms with Crippen molar-refractivity contribution in [3.05, 3.63) is 0 Å². The molecule has 0 N–H and O–H groups in total. The van der Waals surface area contributed by atoms with Gasteiger partial charge in [-0.1, -0.05) is 0 Å². The quantitative estimate of drug-likeness (QED) is 0.407. The van der Waals surface area contributed by atoms with Gasteiger partial charge in [0.05, 0.1) is 18.0 Å². The summed E-state index contributed by atoms with van der Waals surface area (Å²) in [4.78, 5) is 11.3. The summed E-state index contributed by atoms with van der Waals surface area (Å²) in [6.45, 7) is 0. The van der Waals surface area contributed by atoms with Crippen molar-refractivity contribution in [1.82, 2.24) is 0 Å². The first-order valence-corrected chi connectivity index (χ1v) is 5.37. The highest BCUT2D eigenvalue weighted by Gasteiger charge is 2.62. The Morgan fingerprint density at radius 1 is 1.54 bits per heavy atom. The lowest BCUT2D eigenvalue weighted by atomic mass is 9.88. The molecule has 0 aromatic heterocycles. The van der Waals surface area contributed by atoms with E-state index < -0.39 is 0 Å². The van der Waals surface area contributed by atoms with Gasteiger partial charge in [0, 0.05) is 5.92 Å². The first-order chi connectivity index (χ1) is 6.31. The summed E-state index contributed by atoms with van der Waals surface area (Å²) < 4.78 is 10.8. The summed E-state index contributed by atoms with van der Waals surface area (Å²) in [5, 5.41) is 0. The third kappa shape index (κ3) is 0.931. The topological polar surface area (TPSA) is 35.5 Å². The van der Waals surface area contributed by atoms with Crippen molar-refractivity contribution in [3.63, 3.8) is 0 Å². The SMILES string of the molecule is O=C1OC2C3CC(CC13)C2OCS. The zero-order valence-corrected chi connectivity index (χ0v) is 8.07. The van der Waals surface area contributed by atoms with Crippen LogP contribution in [-0.4, -0.2) is 24.1 Å². The largest absolute Gasteiger partial charge is 0.459 e. The second-order valence-electron chi connectivity index (χ2n) is 4.16. The van der Waals surface area contributed by atoms with E-state index in [1.807, 2.05) is 0 Å². The fraction of sp³-hybridized carbons (Fsp3) is 0.889. The predicted octanol–water partition coefficient (Wildman–Crippen LogP) is 0.840. The van der Waals surface area contributed by atoms with Crippen LogP contribution in [0.2, 0.25) is 0 Å². The van der Waals surface area contributed by atoms with E-state index in [4.69, 9.17) is 9.47 Å². The zero-order valence-electron chi connectivity index (χ0n) is 7.18. The van der Waals surface area contributed by atoms with Crippen LogP contribution in [0.3, 0.4) is 0 Å². The van der Waals surface area contributed by atoms with E-state index in [1.165, 1.54) is 0 Å². The first kappa shape index (κ1) is 8.12. The van der Waals surface area contributed by atoms with Gasteiger partial charge in [-0.25, -0.2) is 0 Å². The lowest BCUT2D eigenvalue weighted by Crippen LogP contribution is -2.33. The number of esters is 1. The molecule has 3 fully saturated rings. The van der Waals surface area contributed by atoms with E-state index >= 15 is 0 Å². The molecule has 13 heavy (non-hydrogen) atoms. The number of hydrogen-bond donors (Lipinski definition) is 1. The molecule has 0 spiro atoms. The van der Waals surface area contributed by atoms with Gasteiger partial charge < -0.3 is 9.47 Å². The molecule has 0 amide bonds. The van der Waals surface area contributed by atoms with Crippen molar-refractivity contribution in [2.24, 2.45) is 17.8 Å². The molecule has 3 aliphatic rings. The Hall–Kier alpha value is -0.220. The van der Waals surface area contributed by atoms with Gasteiger partial charge in [-0.05, 0) is 18.8 Å². The predicted molar refractivity (Wildman–Crippen MR) is 48.3 cm³/mol. The molecule has 2 saturated carbocycles. The molecule has 3 rings (SSSR count). The molecule has 4 heteroatoms. The number of ether oxygens (including phenoxy) is 2. The maximum atomic E-state index is 11.3. The third-order valence-electron chi connectivity index (χ3n) is 3.68. The van der Waals surface area contributed by atoms with Crippen LogP contribution in [0.15, 0.2) is 0 Å². The number of fused-ring (bicyclic) bond motifs is 1. The maximum absolute atomic E-state index is 11.3. The lowest BCUT2D eigenvalue weighted by Gasteiger charge is -2.24. The van der Waals surface area contributed by atoms with Crippen molar-refractivity contribution in [2.45, 2.75) is 25.0 Å². The first-order valence-electron chi connectivity index (χ1n) is 4.74. The zero-order chi connectivity index (χ0) is 9.00. The minimum Gasteiger partial charge on any atom is -0.459 e. The Labute approximate surface area is 82.2 Å². The third-order valence-corrected chi connectivity index (χ3v) is 3.83. The normalized spacial score (nSPS) is 51.5. The molecule has 1 heterocycles. The van der Waals surface area contributed by atoms with Crippen LogP contribution in [-0.2, 0) is 14.3 Å². The fourth-order valence-corrected chi connectivity index (χ4v) is 3.39. The monoisotopic (exact) mass is 200 g/mol. The maximum Gasteiger partial charge on any atom is 0.309 e. The Morgan fingerprint density at radius 2 is 2.38 bits per heavy atom. The molecular weight excluding hydrogens is 188 g/mol. The molecule has 0 aromatic rings. The van der Waals surface area contributed by atoms with Crippen molar-refractivity contribution in [1.29, 1.82) is 0 Å². The van der Waals surface area contributed by atoms with E-state index in [-0.39, 0.29) is 24.1 Å². The Morgan fingerprint density at radius 3 is 3.15 bits per heavy atom. The van der Waals surface area contributed by atoms with Crippen LogP contribution in [0.25, 0.3) is 0 Å². The molecule has 2 bridgehead atoms. The van der Waals surface area contributed by atoms with Crippen molar-refractivity contribution >= 4 is 18.6 Å². The van der Waals surface area contributed by atoms with Crippen LogP contribution in [0, 0.1) is 17.8 Å². The standard InChI is InChI=1S/C9H12O3S/c10-9-6-2-4-1-5(6)8(12-9)7(4)11-3-13/h4-8,13H,1-3H2. The highest BCUT2D eigenvalue weighted by atomic mass is 32.1. The van der Waals surface area contributed by atoms with Gasteiger partial charge in [0.15, 0.2) is 0 Å². The van der Waals surface area contributed by atoms with Crippen molar-refractivity contribution < 1.29 is 14.3 Å². The van der Waals surface area contributed by atoms with Crippen LogP contribution < -0.4 is 0 Å². The summed E-state index contributed by atoms with van der Waals surface area (Å²) in [5.41, 5.74) is 0. The molecular formula is C9H12O3S. The van der Waals surface area contributed by atoms with E-state index in [9.17, 15) is 4.79 Å². The Balaban J connectivity index is 1.86. The molecule has 3 nitrogen and oxygen atoms in total. The van der Waals surface area contributed by atoms with Gasteiger partial charge in [0.25, 0.3) is 0 Å². The van der Waals surface area contributed by atoms with Crippen LogP contribution >= 0.6 is 12.6 Å². The fourth-order valence-electron chi connectivity index (χ4n) is 3.22. The Kier molecular flexibility index (Phi) is 1.65. The average Bonchev–Trinajstić information content (AvgIpc) is 2.69. The molecule has 0 aromatic carbocycles. The number of carbonyl (C=O) groups excluding carboxylic acids is 1. The number of rotatable bonds is 2. The summed E-state index contributed by atoms with van der Waals surface area (Å²) in [7, 11) is 0. The highest BCUT2D eigenvalue weighted by Crippen LogP contribution is 2.55. The Bertz CT molecular complexity index is 255. The molecule has 1 saturated heterocycles. The van der Waals surface area contributed by atoms with Gasteiger partial charge in [0.2, 0.25) is 0 Å². The molecule has 2 aliphatic carbocycles. The molecule has 5 atom stereocenters. The van der Waals surface area contributed by atoms with Gasteiger partial charge in [-0.2, -0.15) is 12.6 Å². The summed E-state index contributed by atoms with van der Waals surface area (Å²) in [6.07, 6.45) is 2.26. The average molecular weight is 200 g/mol. The van der Waals surface area contributed by atoms with Gasteiger partial charge >= 0.3 is 5.97 Å². The van der Waals surface area contributed by atoms with Gasteiger partial charge in [-0.3, -0.25) is 4.79 Å².